The smallest absolute Gasteiger partial charge is 0.0709 e. The third kappa shape index (κ3) is 2.30. The fourth-order valence-corrected chi connectivity index (χ4v) is 1.92. The Morgan fingerprint density at radius 1 is 0.667 bits per heavy atom. The van der Waals surface area contributed by atoms with Crippen molar-refractivity contribution < 1.29 is 0 Å². The van der Waals surface area contributed by atoms with Crippen LogP contribution in [0.3, 0.4) is 0 Å². The van der Waals surface area contributed by atoms with E-state index in [9.17, 15) is 0 Å². The van der Waals surface area contributed by atoms with E-state index in [1.54, 1.807) is 0 Å². The molecule has 1 heteroatoms. The minimum absolute atomic E-state index is 0.984. The van der Waals surface area contributed by atoms with E-state index in [0.29, 0.717) is 0 Å². The normalized spacial score (nSPS) is 11.1. The molecule has 3 rings (SSSR count). The molecular formula is C17H13N. The van der Waals surface area contributed by atoms with E-state index in [0.717, 1.165) is 11.2 Å². The van der Waals surface area contributed by atoms with E-state index in [-0.39, 0.29) is 0 Å². The summed E-state index contributed by atoms with van der Waals surface area (Å²) >= 11 is 0. The van der Waals surface area contributed by atoms with Crippen molar-refractivity contribution in [3.8, 4) is 0 Å². The SMILES string of the molecule is C(=C/c1ccc2ccccc2n1)/c1ccccc1. The second kappa shape index (κ2) is 4.84. The molecule has 0 bridgehead atoms. The predicted octanol–water partition coefficient (Wildman–Crippen LogP) is 4.41. The highest BCUT2D eigenvalue weighted by Gasteiger charge is 1.94. The highest BCUT2D eigenvalue weighted by Crippen LogP contribution is 2.13. The first kappa shape index (κ1) is 10.7. The van der Waals surface area contributed by atoms with Crippen molar-refractivity contribution in [3.63, 3.8) is 0 Å². The summed E-state index contributed by atoms with van der Waals surface area (Å²) in [6.45, 7) is 0. The monoisotopic (exact) mass is 231 g/mol. The summed E-state index contributed by atoms with van der Waals surface area (Å²) in [6, 6.07) is 22.6. The largest absolute Gasteiger partial charge is 0.248 e. The van der Waals surface area contributed by atoms with Crippen molar-refractivity contribution in [2.75, 3.05) is 0 Å². The number of pyridine rings is 1. The first-order valence-electron chi connectivity index (χ1n) is 6.01. The van der Waals surface area contributed by atoms with E-state index in [2.05, 4.69) is 35.3 Å². The Balaban J connectivity index is 1.93. The van der Waals surface area contributed by atoms with Gasteiger partial charge in [-0.2, -0.15) is 0 Å². The lowest BCUT2D eigenvalue weighted by Gasteiger charge is -1.98. The lowest BCUT2D eigenvalue weighted by molar-refractivity contribution is 1.37. The third-order valence-corrected chi connectivity index (χ3v) is 2.87. The van der Waals surface area contributed by atoms with Gasteiger partial charge in [0.1, 0.15) is 0 Å². The molecule has 1 heterocycles. The van der Waals surface area contributed by atoms with Crippen LogP contribution in [0.2, 0.25) is 0 Å². The summed E-state index contributed by atoms with van der Waals surface area (Å²) in [4.78, 5) is 4.60. The molecule has 0 amide bonds. The van der Waals surface area contributed by atoms with Gasteiger partial charge in [0.05, 0.1) is 11.2 Å². The summed E-state index contributed by atoms with van der Waals surface area (Å²) < 4.78 is 0. The molecule has 18 heavy (non-hydrogen) atoms. The molecule has 1 nitrogen and oxygen atoms in total. The van der Waals surface area contributed by atoms with Gasteiger partial charge in [-0.1, -0.05) is 60.7 Å². The standard InChI is InChI=1S/C17H13N/c1-2-6-14(7-3-1)10-12-16-13-11-15-8-4-5-9-17(15)18-16/h1-13H/b12-10-. The van der Waals surface area contributed by atoms with E-state index < -0.39 is 0 Å². The minimum atomic E-state index is 0.984. The van der Waals surface area contributed by atoms with Crippen LogP contribution in [0.5, 0.6) is 0 Å². The summed E-state index contributed by atoms with van der Waals surface area (Å²) in [6.07, 6.45) is 4.12. The summed E-state index contributed by atoms with van der Waals surface area (Å²) in [7, 11) is 0. The van der Waals surface area contributed by atoms with Gasteiger partial charge in [0.15, 0.2) is 0 Å². The number of aromatic nitrogens is 1. The number of rotatable bonds is 2. The van der Waals surface area contributed by atoms with Gasteiger partial charge in [0.2, 0.25) is 0 Å². The molecule has 0 saturated carbocycles. The molecule has 0 fully saturated rings. The number of para-hydroxylation sites is 1. The zero-order chi connectivity index (χ0) is 12.2. The summed E-state index contributed by atoms with van der Waals surface area (Å²) in [5.41, 5.74) is 3.21. The van der Waals surface area contributed by atoms with Crippen LogP contribution in [0.25, 0.3) is 23.1 Å². The van der Waals surface area contributed by atoms with Crippen LogP contribution < -0.4 is 0 Å². The maximum Gasteiger partial charge on any atom is 0.0709 e. The van der Waals surface area contributed by atoms with Crippen molar-refractivity contribution in [2.45, 2.75) is 0 Å². The number of hydrogen-bond donors (Lipinski definition) is 0. The van der Waals surface area contributed by atoms with Gasteiger partial charge >= 0.3 is 0 Å². The molecule has 1 aromatic heterocycles. The highest BCUT2D eigenvalue weighted by atomic mass is 14.7. The highest BCUT2D eigenvalue weighted by molar-refractivity contribution is 5.80. The summed E-state index contributed by atoms with van der Waals surface area (Å²) in [5, 5.41) is 1.18. The van der Waals surface area contributed by atoms with Crippen LogP contribution in [0, 0.1) is 0 Å². The van der Waals surface area contributed by atoms with Crippen LogP contribution >= 0.6 is 0 Å². The zero-order valence-electron chi connectivity index (χ0n) is 9.95. The molecule has 0 saturated heterocycles. The number of nitrogens with zero attached hydrogens (tertiary/aromatic N) is 1. The van der Waals surface area contributed by atoms with E-state index >= 15 is 0 Å². The van der Waals surface area contributed by atoms with Crippen molar-refractivity contribution in [1.82, 2.24) is 4.98 Å². The minimum Gasteiger partial charge on any atom is -0.248 e. The quantitative estimate of drug-likeness (QED) is 0.636. The second-order valence-corrected chi connectivity index (χ2v) is 4.17. The Morgan fingerprint density at radius 2 is 1.44 bits per heavy atom. The first-order valence-corrected chi connectivity index (χ1v) is 6.01. The topological polar surface area (TPSA) is 12.9 Å². The van der Waals surface area contributed by atoms with Gasteiger partial charge in [-0.25, -0.2) is 4.98 Å². The average molecular weight is 231 g/mol. The second-order valence-electron chi connectivity index (χ2n) is 4.17. The molecule has 2 aromatic carbocycles. The van der Waals surface area contributed by atoms with Crippen LogP contribution in [0.1, 0.15) is 11.3 Å². The lowest BCUT2D eigenvalue weighted by Crippen LogP contribution is -1.82. The van der Waals surface area contributed by atoms with Gasteiger partial charge in [-0.15, -0.1) is 0 Å². The molecular weight excluding hydrogens is 218 g/mol. The van der Waals surface area contributed by atoms with Crippen molar-refractivity contribution in [2.24, 2.45) is 0 Å². The Kier molecular flexibility index (Phi) is 2.89. The van der Waals surface area contributed by atoms with Gasteiger partial charge in [-0.3, -0.25) is 0 Å². The molecule has 0 radical (unpaired) electrons. The molecule has 0 atom stereocenters. The van der Waals surface area contributed by atoms with E-state index in [4.69, 9.17) is 0 Å². The average Bonchev–Trinajstić information content (AvgIpc) is 2.46. The molecule has 0 aliphatic carbocycles. The number of benzene rings is 2. The molecule has 0 aliphatic rings. The Labute approximate surface area is 106 Å². The predicted molar refractivity (Wildman–Crippen MR) is 77.1 cm³/mol. The van der Waals surface area contributed by atoms with Gasteiger partial charge < -0.3 is 0 Å². The van der Waals surface area contributed by atoms with E-state index in [1.807, 2.05) is 48.5 Å². The Bertz CT molecular complexity index is 684. The van der Waals surface area contributed by atoms with Crippen LogP contribution in [0.4, 0.5) is 0 Å². The van der Waals surface area contributed by atoms with Crippen LogP contribution in [-0.2, 0) is 0 Å². The molecule has 0 aliphatic heterocycles. The Hall–Kier alpha value is -2.41. The maximum absolute atomic E-state index is 4.60. The van der Waals surface area contributed by atoms with Gasteiger partial charge in [0.25, 0.3) is 0 Å². The maximum atomic E-state index is 4.60. The van der Waals surface area contributed by atoms with Gasteiger partial charge in [0, 0.05) is 5.39 Å². The Morgan fingerprint density at radius 3 is 2.33 bits per heavy atom. The summed E-state index contributed by atoms with van der Waals surface area (Å²) in [5.74, 6) is 0. The first-order chi connectivity index (χ1) is 8.92. The van der Waals surface area contributed by atoms with Crippen LogP contribution in [0.15, 0.2) is 66.7 Å². The van der Waals surface area contributed by atoms with Crippen molar-refractivity contribution >= 4 is 23.1 Å². The fourth-order valence-electron chi connectivity index (χ4n) is 1.92. The van der Waals surface area contributed by atoms with Crippen molar-refractivity contribution in [3.05, 3.63) is 78.0 Å². The molecule has 0 N–H and O–H groups in total. The molecule has 0 spiro atoms. The lowest BCUT2D eigenvalue weighted by atomic mass is 10.1. The van der Waals surface area contributed by atoms with E-state index in [1.165, 1.54) is 10.9 Å². The number of fused-ring (bicyclic) bond motifs is 1. The molecule has 86 valence electrons. The van der Waals surface area contributed by atoms with Crippen molar-refractivity contribution in [1.29, 1.82) is 0 Å². The number of hydrogen-bond acceptors (Lipinski definition) is 1. The van der Waals surface area contributed by atoms with Crippen LogP contribution in [-0.4, -0.2) is 4.98 Å². The third-order valence-electron chi connectivity index (χ3n) is 2.87. The molecule has 0 unspecified atom stereocenters. The fraction of sp³-hybridized carbons (Fsp3) is 0. The van der Waals surface area contributed by atoms with Gasteiger partial charge in [-0.05, 0) is 23.8 Å². The zero-order valence-corrected chi connectivity index (χ0v) is 9.95. The molecule has 3 aromatic rings.